The Kier molecular flexibility index (Phi) is 3.42. The minimum absolute atomic E-state index is 0.147. The Labute approximate surface area is 112 Å². The maximum absolute atomic E-state index is 5.80. The van der Waals surface area contributed by atoms with Gasteiger partial charge in [-0.05, 0) is 6.92 Å². The van der Waals surface area contributed by atoms with Gasteiger partial charge in [0, 0.05) is 11.5 Å². The molecule has 0 aliphatic rings. The maximum atomic E-state index is 5.80. The molecule has 3 N–H and O–H groups in total. The third-order valence-electron chi connectivity index (χ3n) is 2.51. The topological polar surface area (TPSA) is 89.9 Å². The van der Waals surface area contributed by atoms with Crippen LogP contribution in [0.2, 0.25) is 0 Å². The predicted octanol–water partition coefficient (Wildman–Crippen LogP) is 2.26. The number of nitrogen functional groups attached to an aromatic ring is 1. The number of nitrogens with two attached hydrogens (primary N) is 1. The lowest BCUT2D eigenvalue weighted by molar-refractivity contribution is 0.478. The number of aromatic nitrogens is 3. The van der Waals surface area contributed by atoms with Crippen LogP contribution in [0.1, 0.15) is 38.2 Å². The van der Waals surface area contributed by atoms with Crippen molar-refractivity contribution in [2.45, 2.75) is 39.7 Å². The molecule has 6 nitrogen and oxygen atoms in total. The fourth-order valence-corrected chi connectivity index (χ4v) is 1.54. The molecular weight excluding hydrogens is 242 g/mol. The highest BCUT2D eigenvalue weighted by Gasteiger charge is 2.18. The Morgan fingerprint density at radius 2 is 2.05 bits per heavy atom. The van der Waals surface area contributed by atoms with Gasteiger partial charge in [-0.3, -0.25) is 0 Å². The van der Waals surface area contributed by atoms with Gasteiger partial charge in [0.1, 0.15) is 23.2 Å². The van der Waals surface area contributed by atoms with E-state index in [1.807, 2.05) is 27.7 Å². The van der Waals surface area contributed by atoms with Crippen molar-refractivity contribution in [3.8, 4) is 0 Å². The monoisotopic (exact) mass is 261 g/mol. The maximum Gasteiger partial charge on any atom is 0.213 e. The molecule has 0 spiro atoms. The van der Waals surface area contributed by atoms with Crippen LogP contribution in [0.4, 0.5) is 11.6 Å². The highest BCUT2D eigenvalue weighted by Crippen LogP contribution is 2.21. The molecule has 0 fully saturated rings. The number of anilines is 2. The molecule has 0 aliphatic carbocycles. The molecule has 0 aliphatic heterocycles. The highest BCUT2D eigenvalue weighted by molar-refractivity contribution is 5.45. The second-order valence-corrected chi connectivity index (χ2v) is 5.47. The molecule has 0 amide bonds. The van der Waals surface area contributed by atoms with E-state index in [0.717, 1.165) is 5.76 Å². The molecule has 0 saturated heterocycles. The Bertz CT molecular complexity index is 571. The van der Waals surface area contributed by atoms with Crippen LogP contribution in [0.3, 0.4) is 0 Å². The number of oxazole rings is 1. The van der Waals surface area contributed by atoms with Crippen molar-refractivity contribution in [2.24, 2.45) is 0 Å². The quantitative estimate of drug-likeness (QED) is 0.880. The van der Waals surface area contributed by atoms with E-state index in [-0.39, 0.29) is 5.41 Å². The second-order valence-electron chi connectivity index (χ2n) is 5.47. The van der Waals surface area contributed by atoms with Gasteiger partial charge in [0.15, 0.2) is 0 Å². The lowest BCUT2D eigenvalue weighted by Crippen LogP contribution is -2.18. The van der Waals surface area contributed by atoms with E-state index >= 15 is 0 Å². The molecule has 2 heterocycles. The van der Waals surface area contributed by atoms with Gasteiger partial charge in [0.25, 0.3) is 0 Å². The van der Waals surface area contributed by atoms with Crippen LogP contribution < -0.4 is 11.1 Å². The third-order valence-corrected chi connectivity index (χ3v) is 2.51. The van der Waals surface area contributed by atoms with E-state index in [0.29, 0.717) is 29.9 Å². The molecule has 0 bridgehead atoms. The van der Waals surface area contributed by atoms with Crippen LogP contribution in [-0.4, -0.2) is 15.0 Å². The van der Waals surface area contributed by atoms with Crippen molar-refractivity contribution in [1.82, 2.24) is 15.0 Å². The average Bonchev–Trinajstić information content (AvgIpc) is 2.71. The van der Waals surface area contributed by atoms with Crippen LogP contribution >= 0.6 is 0 Å². The number of nitrogens with zero attached hydrogens (tertiary/aromatic N) is 3. The molecule has 102 valence electrons. The first-order valence-corrected chi connectivity index (χ1v) is 6.15. The fraction of sp³-hybridized carbons (Fsp3) is 0.462. The van der Waals surface area contributed by atoms with Crippen molar-refractivity contribution in [3.05, 3.63) is 29.7 Å². The molecular formula is C13H19N5O. The SMILES string of the molecule is Cc1cnc(CNc2cc(N)nc(C(C)(C)C)n2)o1. The standard InChI is InChI=1S/C13H19N5O/c1-8-6-16-11(19-8)7-15-10-5-9(14)17-12(18-10)13(2,3)4/h5-6H,7H2,1-4H3,(H3,14,15,17,18). The average molecular weight is 261 g/mol. The number of hydrogen-bond donors (Lipinski definition) is 2. The van der Waals surface area contributed by atoms with Crippen LogP contribution in [0.25, 0.3) is 0 Å². The lowest BCUT2D eigenvalue weighted by atomic mass is 9.96. The van der Waals surface area contributed by atoms with Gasteiger partial charge in [-0.15, -0.1) is 0 Å². The van der Waals surface area contributed by atoms with E-state index < -0.39 is 0 Å². The number of nitrogens with one attached hydrogen (secondary N) is 1. The van der Waals surface area contributed by atoms with Crippen LogP contribution in [0, 0.1) is 6.92 Å². The molecule has 19 heavy (non-hydrogen) atoms. The van der Waals surface area contributed by atoms with Gasteiger partial charge in [-0.25, -0.2) is 15.0 Å². The number of hydrogen-bond acceptors (Lipinski definition) is 6. The summed E-state index contributed by atoms with van der Waals surface area (Å²) >= 11 is 0. The predicted molar refractivity (Wildman–Crippen MR) is 73.7 cm³/mol. The highest BCUT2D eigenvalue weighted by atomic mass is 16.4. The van der Waals surface area contributed by atoms with Crippen molar-refractivity contribution in [3.63, 3.8) is 0 Å². The van der Waals surface area contributed by atoms with E-state index in [2.05, 4.69) is 20.3 Å². The molecule has 2 rings (SSSR count). The van der Waals surface area contributed by atoms with Gasteiger partial charge in [0.05, 0.1) is 12.7 Å². The Hall–Kier alpha value is -2.11. The largest absolute Gasteiger partial charge is 0.444 e. The second kappa shape index (κ2) is 4.87. The van der Waals surface area contributed by atoms with E-state index in [1.165, 1.54) is 0 Å². The Morgan fingerprint density at radius 3 is 2.63 bits per heavy atom. The summed E-state index contributed by atoms with van der Waals surface area (Å²) in [5.41, 5.74) is 5.65. The number of aryl methyl sites for hydroxylation is 1. The normalized spacial score (nSPS) is 11.6. The summed E-state index contributed by atoms with van der Waals surface area (Å²) in [6.07, 6.45) is 1.69. The Balaban J connectivity index is 2.14. The Morgan fingerprint density at radius 1 is 1.32 bits per heavy atom. The van der Waals surface area contributed by atoms with Crippen molar-refractivity contribution < 1.29 is 4.42 Å². The zero-order valence-electron chi connectivity index (χ0n) is 11.7. The molecule has 2 aromatic heterocycles. The first-order chi connectivity index (χ1) is 8.84. The molecule has 0 unspecified atom stereocenters. The summed E-state index contributed by atoms with van der Waals surface area (Å²) in [5, 5.41) is 3.14. The van der Waals surface area contributed by atoms with Crippen molar-refractivity contribution in [1.29, 1.82) is 0 Å². The van der Waals surface area contributed by atoms with Gasteiger partial charge in [-0.2, -0.15) is 0 Å². The summed E-state index contributed by atoms with van der Waals surface area (Å²) in [4.78, 5) is 12.8. The zero-order chi connectivity index (χ0) is 14.0. The summed E-state index contributed by atoms with van der Waals surface area (Å²) in [7, 11) is 0. The van der Waals surface area contributed by atoms with Crippen LogP contribution in [0.15, 0.2) is 16.7 Å². The lowest BCUT2D eigenvalue weighted by Gasteiger charge is -2.17. The first-order valence-electron chi connectivity index (χ1n) is 6.15. The van der Waals surface area contributed by atoms with E-state index in [1.54, 1.807) is 12.3 Å². The summed E-state index contributed by atoms with van der Waals surface area (Å²) in [6.45, 7) is 8.46. The molecule has 6 heteroatoms. The summed E-state index contributed by atoms with van der Waals surface area (Å²) in [5.74, 6) is 3.24. The molecule has 0 radical (unpaired) electrons. The van der Waals surface area contributed by atoms with Gasteiger partial charge < -0.3 is 15.5 Å². The zero-order valence-corrected chi connectivity index (χ0v) is 11.7. The van der Waals surface area contributed by atoms with Crippen molar-refractivity contribution >= 4 is 11.6 Å². The number of rotatable bonds is 3. The van der Waals surface area contributed by atoms with E-state index in [9.17, 15) is 0 Å². The van der Waals surface area contributed by atoms with Crippen LogP contribution in [-0.2, 0) is 12.0 Å². The minimum atomic E-state index is -0.147. The molecule has 0 saturated carbocycles. The third kappa shape index (κ3) is 3.43. The van der Waals surface area contributed by atoms with Gasteiger partial charge >= 0.3 is 0 Å². The molecule has 2 aromatic rings. The van der Waals surface area contributed by atoms with Crippen molar-refractivity contribution in [2.75, 3.05) is 11.1 Å². The fourth-order valence-electron chi connectivity index (χ4n) is 1.54. The molecule has 0 aromatic carbocycles. The van der Waals surface area contributed by atoms with Gasteiger partial charge in [-0.1, -0.05) is 20.8 Å². The smallest absolute Gasteiger partial charge is 0.213 e. The summed E-state index contributed by atoms with van der Waals surface area (Å²) in [6, 6.07) is 1.70. The first kappa shape index (κ1) is 13.3. The van der Waals surface area contributed by atoms with Crippen LogP contribution in [0.5, 0.6) is 0 Å². The molecule has 0 atom stereocenters. The minimum Gasteiger partial charge on any atom is -0.444 e. The van der Waals surface area contributed by atoms with E-state index in [4.69, 9.17) is 10.2 Å². The van der Waals surface area contributed by atoms with Gasteiger partial charge in [0.2, 0.25) is 5.89 Å². The summed E-state index contributed by atoms with van der Waals surface area (Å²) < 4.78 is 5.38.